The Kier molecular flexibility index (Phi) is 5.90. The second-order valence-corrected chi connectivity index (χ2v) is 8.49. The number of amides is 1. The maximum Gasteiger partial charge on any atom is 0.244 e. The molecule has 0 bridgehead atoms. The van der Waals surface area contributed by atoms with E-state index < -0.39 is 16.1 Å². The van der Waals surface area contributed by atoms with Crippen LogP contribution in [0.4, 0.5) is 0 Å². The SMILES string of the molecule is O=C1NCCCC[C@H]1N(Cc1ccncc1)S(=O)(=O)c1ccc(Cl)cc1. The van der Waals surface area contributed by atoms with E-state index in [1.54, 1.807) is 24.5 Å². The molecular weight excluding hydrogens is 374 g/mol. The lowest BCUT2D eigenvalue weighted by atomic mass is 10.1. The fourth-order valence-corrected chi connectivity index (χ4v) is 4.70. The zero-order chi connectivity index (χ0) is 18.6. The average molecular weight is 394 g/mol. The molecule has 3 rings (SSSR count). The van der Waals surface area contributed by atoms with Crippen LogP contribution in [0.5, 0.6) is 0 Å². The van der Waals surface area contributed by atoms with Crippen molar-refractivity contribution in [3.05, 3.63) is 59.4 Å². The Labute approximate surface area is 158 Å². The van der Waals surface area contributed by atoms with Gasteiger partial charge in [-0.3, -0.25) is 9.78 Å². The molecule has 1 fully saturated rings. The smallest absolute Gasteiger partial charge is 0.244 e. The molecule has 1 aliphatic heterocycles. The molecule has 1 amide bonds. The molecule has 0 radical (unpaired) electrons. The normalized spacial score (nSPS) is 18.4. The third-order valence-corrected chi connectivity index (χ3v) is 6.48. The van der Waals surface area contributed by atoms with E-state index in [2.05, 4.69) is 10.3 Å². The van der Waals surface area contributed by atoms with Gasteiger partial charge in [0.15, 0.2) is 0 Å². The van der Waals surface area contributed by atoms with E-state index in [0.29, 0.717) is 18.0 Å². The van der Waals surface area contributed by atoms with Gasteiger partial charge in [-0.2, -0.15) is 4.31 Å². The number of halogens is 1. The number of benzene rings is 1. The lowest BCUT2D eigenvalue weighted by molar-refractivity contribution is -0.124. The minimum atomic E-state index is -3.87. The van der Waals surface area contributed by atoms with Crippen LogP contribution >= 0.6 is 11.6 Å². The number of aromatic nitrogens is 1. The molecule has 1 N–H and O–H groups in total. The van der Waals surface area contributed by atoms with Crippen molar-refractivity contribution in [3.8, 4) is 0 Å². The number of carbonyl (C=O) groups excluding carboxylic acids is 1. The summed E-state index contributed by atoms with van der Waals surface area (Å²) >= 11 is 5.89. The predicted molar refractivity (Wildman–Crippen MR) is 99.1 cm³/mol. The highest BCUT2D eigenvalue weighted by atomic mass is 35.5. The molecule has 138 valence electrons. The highest BCUT2D eigenvalue weighted by molar-refractivity contribution is 7.89. The monoisotopic (exact) mass is 393 g/mol. The summed E-state index contributed by atoms with van der Waals surface area (Å²) in [6.45, 7) is 0.672. The first-order valence-electron chi connectivity index (χ1n) is 8.42. The molecule has 2 heterocycles. The second-order valence-electron chi connectivity index (χ2n) is 6.16. The van der Waals surface area contributed by atoms with Crippen molar-refractivity contribution >= 4 is 27.5 Å². The minimum Gasteiger partial charge on any atom is -0.355 e. The number of nitrogens with one attached hydrogen (secondary N) is 1. The number of nitrogens with zero attached hydrogens (tertiary/aromatic N) is 2. The van der Waals surface area contributed by atoms with Crippen molar-refractivity contribution in [2.75, 3.05) is 6.54 Å². The van der Waals surface area contributed by atoms with E-state index in [1.165, 1.54) is 28.6 Å². The summed E-state index contributed by atoms with van der Waals surface area (Å²) in [5, 5.41) is 3.27. The zero-order valence-corrected chi connectivity index (χ0v) is 15.7. The van der Waals surface area contributed by atoms with Crippen molar-refractivity contribution in [1.82, 2.24) is 14.6 Å². The third-order valence-electron chi connectivity index (χ3n) is 4.36. The summed E-state index contributed by atoms with van der Waals surface area (Å²) in [4.78, 5) is 16.6. The topological polar surface area (TPSA) is 79.4 Å². The van der Waals surface area contributed by atoms with Crippen molar-refractivity contribution in [1.29, 1.82) is 0 Å². The molecular formula is C18H20ClN3O3S. The van der Waals surface area contributed by atoms with E-state index in [0.717, 1.165) is 18.4 Å². The molecule has 1 aromatic carbocycles. The Morgan fingerprint density at radius 1 is 1.12 bits per heavy atom. The molecule has 0 aliphatic carbocycles. The van der Waals surface area contributed by atoms with Gasteiger partial charge in [0.1, 0.15) is 6.04 Å². The fourth-order valence-electron chi connectivity index (χ4n) is 2.97. The molecule has 8 heteroatoms. The summed E-state index contributed by atoms with van der Waals surface area (Å²) in [6, 6.07) is 8.75. The average Bonchev–Trinajstić information content (AvgIpc) is 2.85. The van der Waals surface area contributed by atoms with Crippen molar-refractivity contribution in [2.24, 2.45) is 0 Å². The van der Waals surface area contributed by atoms with E-state index in [9.17, 15) is 13.2 Å². The second kappa shape index (κ2) is 8.16. The largest absolute Gasteiger partial charge is 0.355 e. The van der Waals surface area contributed by atoms with Crippen LogP contribution in [0.1, 0.15) is 24.8 Å². The van der Waals surface area contributed by atoms with Crippen molar-refractivity contribution in [3.63, 3.8) is 0 Å². The summed E-state index contributed by atoms with van der Waals surface area (Å²) in [5.41, 5.74) is 0.773. The minimum absolute atomic E-state index is 0.103. The quantitative estimate of drug-likeness (QED) is 0.846. The summed E-state index contributed by atoms with van der Waals surface area (Å²) in [7, 11) is -3.87. The van der Waals surface area contributed by atoms with Gasteiger partial charge in [0.2, 0.25) is 15.9 Å². The van der Waals surface area contributed by atoms with Gasteiger partial charge >= 0.3 is 0 Å². The molecule has 2 aromatic rings. The molecule has 26 heavy (non-hydrogen) atoms. The lowest BCUT2D eigenvalue weighted by Crippen LogP contribution is -2.48. The number of hydrogen-bond donors (Lipinski definition) is 1. The summed E-state index contributed by atoms with van der Waals surface area (Å²) in [6.07, 6.45) is 5.33. The molecule has 6 nitrogen and oxygen atoms in total. The number of rotatable bonds is 5. The van der Waals surface area contributed by atoms with Gasteiger partial charge in [-0.05, 0) is 61.2 Å². The van der Waals surface area contributed by atoms with Crippen LogP contribution < -0.4 is 5.32 Å². The van der Waals surface area contributed by atoms with Gasteiger partial charge in [-0.1, -0.05) is 11.6 Å². The number of carbonyl (C=O) groups is 1. The van der Waals surface area contributed by atoms with Crippen molar-refractivity contribution < 1.29 is 13.2 Å². The number of sulfonamides is 1. The highest BCUT2D eigenvalue weighted by Crippen LogP contribution is 2.25. The predicted octanol–water partition coefficient (Wildman–Crippen LogP) is 2.59. The standard InChI is InChI=1S/C18H20ClN3O3S/c19-15-4-6-16(7-5-15)26(24,25)22(13-14-8-11-20-12-9-14)17-3-1-2-10-21-18(17)23/h4-9,11-12,17H,1-3,10,13H2,(H,21,23)/t17-/m1/s1. The molecule has 0 saturated carbocycles. The maximum atomic E-state index is 13.3. The van der Waals surface area contributed by atoms with Gasteiger partial charge in [-0.25, -0.2) is 8.42 Å². The van der Waals surface area contributed by atoms with Gasteiger partial charge in [0.05, 0.1) is 4.90 Å². The first-order chi connectivity index (χ1) is 12.5. The van der Waals surface area contributed by atoms with Crippen LogP contribution in [-0.2, 0) is 21.4 Å². The van der Waals surface area contributed by atoms with Crippen molar-refractivity contribution in [2.45, 2.75) is 36.7 Å². The van der Waals surface area contributed by atoms with E-state index in [1.807, 2.05) is 0 Å². The molecule has 0 unspecified atom stereocenters. The van der Waals surface area contributed by atoms with Crippen LogP contribution in [0.3, 0.4) is 0 Å². The number of pyridine rings is 1. The van der Waals surface area contributed by atoms with Gasteiger partial charge in [0, 0.05) is 30.5 Å². The first kappa shape index (κ1) is 18.8. The highest BCUT2D eigenvalue weighted by Gasteiger charge is 2.36. The van der Waals surface area contributed by atoms with Crippen LogP contribution in [0.15, 0.2) is 53.7 Å². The van der Waals surface area contributed by atoms with E-state index in [4.69, 9.17) is 11.6 Å². The van der Waals surface area contributed by atoms with Crippen LogP contribution in [0.25, 0.3) is 0 Å². The van der Waals surface area contributed by atoms with Crippen LogP contribution in [-0.4, -0.2) is 36.2 Å². The van der Waals surface area contributed by atoms with E-state index >= 15 is 0 Å². The van der Waals surface area contributed by atoms with Gasteiger partial charge < -0.3 is 5.32 Å². The third kappa shape index (κ3) is 4.23. The molecule has 1 aliphatic rings. The Hall–Kier alpha value is -1.96. The van der Waals surface area contributed by atoms with E-state index in [-0.39, 0.29) is 17.3 Å². The van der Waals surface area contributed by atoms with Crippen LogP contribution in [0, 0.1) is 0 Å². The summed E-state index contributed by atoms with van der Waals surface area (Å²) in [5.74, 6) is -0.255. The first-order valence-corrected chi connectivity index (χ1v) is 10.2. The molecule has 1 saturated heterocycles. The lowest BCUT2D eigenvalue weighted by Gasteiger charge is -2.29. The molecule has 1 atom stereocenters. The Morgan fingerprint density at radius 3 is 2.50 bits per heavy atom. The molecule has 1 aromatic heterocycles. The Balaban J connectivity index is 2.01. The molecule has 0 spiro atoms. The Bertz CT molecular complexity index is 857. The maximum absolute atomic E-state index is 13.3. The summed E-state index contributed by atoms with van der Waals surface area (Å²) < 4.78 is 27.9. The van der Waals surface area contributed by atoms with Gasteiger partial charge in [0.25, 0.3) is 0 Å². The fraction of sp³-hybridized carbons (Fsp3) is 0.333. The van der Waals surface area contributed by atoms with Gasteiger partial charge in [-0.15, -0.1) is 0 Å². The Morgan fingerprint density at radius 2 is 1.81 bits per heavy atom. The number of hydrogen-bond acceptors (Lipinski definition) is 4. The zero-order valence-electron chi connectivity index (χ0n) is 14.1. The van der Waals surface area contributed by atoms with Crippen LogP contribution in [0.2, 0.25) is 5.02 Å².